The van der Waals surface area contributed by atoms with Crippen molar-refractivity contribution in [3.8, 4) is 0 Å². The first-order valence-corrected chi connectivity index (χ1v) is 10.3. The average Bonchev–Trinajstić information content (AvgIpc) is 2.62. The quantitative estimate of drug-likeness (QED) is 0.682. The fraction of sp³-hybridized carbons (Fsp3) is 0.350. The van der Waals surface area contributed by atoms with E-state index in [1.165, 1.54) is 24.3 Å². The van der Waals surface area contributed by atoms with Crippen molar-refractivity contribution in [2.45, 2.75) is 44.4 Å². The van der Waals surface area contributed by atoms with Gasteiger partial charge in [-0.15, -0.1) is 0 Å². The fourth-order valence-electron chi connectivity index (χ4n) is 2.56. The Bertz CT molecular complexity index is 844. The molecule has 2 N–H and O–H groups in total. The van der Waals surface area contributed by atoms with Crippen LogP contribution in [0.5, 0.6) is 0 Å². The highest BCUT2D eigenvalue weighted by molar-refractivity contribution is 7.89. The van der Waals surface area contributed by atoms with Gasteiger partial charge in [-0.3, -0.25) is 4.79 Å². The van der Waals surface area contributed by atoms with Crippen LogP contribution in [-0.4, -0.2) is 20.9 Å². The van der Waals surface area contributed by atoms with Crippen LogP contribution < -0.4 is 10.0 Å². The molecular weight excluding hydrogens is 348 g/mol. The van der Waals surface area contributed by atoms with Crippen LogP contribution in [0.4, 0.5) is 5.69 Å². The molecule has 0 bridgehead atoms. The lowest BCUT2D eigenvalue weighted by molar-refractivity contribution is 0.102. The van der Waals surface area contributed by atoms with Crippen LogP contribution in [0.1, 0.15) is 55.5 Å². The van der Waals surface area contributed by atoms with Crippen LogP contribution in [0.3, 0.4) is 0 Å². The smallest absolute Gasteiger partial charge is 0.255 e. The third kappa shape index (κ3) is 5.16. The predicted molar refractivity (Wildman–Crippen MR) is 105 cm³/mol. The lowest BCUT2D eigenvalue weighted by atomic mass is 10.0. The summed E-state index contributed by atoms with van der Waals surface area (Å²) in [5.74, 6) is 0.0224. The minimum Gasteiger partial charge on any atom is -0.322 e. The second-order valence-electron chi connectivity index (χ2n) is 6.47. The van der Waals surface area contributed by atoms with Crippen molar-refractivity contribution in [3.05, 3.63) is 59.7 Å². The third-order valence-electron chi connectivity index (χ3n) is 4.08. The molecule has 0 saturated carbocycles. The molecule has 0 aliphatic heterocycles. The third-order valence-corrected chi connectivity index (χ3v) is 5.56. The van der Waals surface area contributed by atoms with Crippen LogP contribution in [0.15, 0.2) is 53.4 Å². The molecule has 2 aromatic rings. The molecule has 140 valence electrons. The van der Waals surface area contributed by atoms with E-state index < -0.39 is 10.0 Å². The number of nitrogens with one attached hydrogen (secondary N) is 2. The highest BCUT2D eigenvalue weighted by Gasteiger charge is 2.15. The summed E-state index contributed by atoms with van der Waals surface area (Å²) in [5.41, 5.74) is 2.24. The molecule has 0 heterocycles. The van der Waals surface area contributed by atoms with E-state index in [2.05, 4.69) is 23.9 Å². The summed E-state index contributed by atoms with van der Waals surface area (Å²) < 4.78 is 26.9. The number of carbonyl (C=O) groups excluding carboxylic acids is 1. The zero-order valence-electron chi connectivity index (χ0n) is 15.5. The largest absolute Gasteiger partial charge is 0.322 e. The Morgan fingerprint density at radius 2 is 1.69 bits per heavy atom. The SMILES string of the molecule is CCCCNS(=O)(=O)c1ccc(C(=O)Nc2ccccc2C(C)C)cc1. The van der Waals surface area contributed by atoms with E-state index in [9.17, 15) is 13.2 Å². The molecule has 0 fully saturated rings. The van der Waals surface area contributed by atoms with Crippen molar-refractivity contribution < 1.29 is 13.2 Å². The topological polar surface area (TPSA) is 75.3 Å². The minimum atomic E-state index is -3.53. The van der Waals surface area contributed by atoms with Gasteiger partial charge in [0.2, 0.25) is 10.0 Å². The Balaban J connectivity index is 2.12. The van der Waals surface area contributed by atoms with Crippen LogP contribution in [-0.2, 0) is 10.0 Å². The number of para-hydroxylation sites is 1. The van der Waals surface area contributed by atoms with E-state index in [1.807, 2.05) is 31.2 Å². The summed E-state index contributed by atoms with van der Waals surface area (Å²) in [7, 11) is -3.53. The molecule has 0 saturated heterocycles. The Morgan fingerprint density at radius 3 is 2.31 bits per heavy atom. The van der Waals surface area contributed by atoms with Crippen molar-refractivity contribution in [1.29, 1.82) is 0 Å². The van der Waals surface area contributed by atoms with Crippen LogP contribution in [0.25, 0.3) is 0 Å². The van der Waals surface area contributed by atoms with Gasteiger partial charge in [0, 0.05) is 17.8 Å². The average molecular weight is 375 g/mol. The molecule has 0 aliphatic carbocycles. The normalized spacial score (nSPS) is 11.5. The molecule has 0 unspecified atom stereocenters. The van der Waals surface area contributed by atoms with Crippen LogP contribution in [0.2, 0.25) is 0 Å². The van der Waals surface area contributed by atoms with Crippen molar-refractivity contribution >= 4 is 21.6 Å². The van der Waals surface area contributed by atoms with Crippen molar-refractivity contribution in [2.75, 3.05) is 11.9 Å². The molecule has 0 aliphatic rings. The molecule has 26 heavy (non-hydrogen) atoms. The summed E-state index contributed by atoms with van der Waals surface area (Å²) in [6.07, 6.45) is 1.70. The van der Waals surface area contributed by atoms with Crippen LogP contribution in [0, 0.1) is 0 Å². The molecule has 5 nitrogen and oxygen atoms in total. The van der Waals surface area contributed by atoms with Crippen molar-refractivity contribution in [2.24, 2.45) is 0 Å². The number of benzene rings is 2. The van der Waals surface area contributed by atoms with E-state index >= 15 is 0 Å². The standard InChI is InChI=1S/C20H26N2O3S/c1-4-5-14-21-26(24,25)17-12-10-16(11-13-17)20(23)22-19-9-7-6-8-18(19)15(2)3/h6-13,15,21H,4-5,14H2,1-3H3,(H,22,23). The summed E-state index contributed by atoms with van der Waals surface area (Å²) in [5, 5.41) is 2.90. The van der Waals surface area contributed by atoms with E-state index in [0.29, 0.717) is 12.1 Å². The lowest BCUT2D eigenvalue weighted by Gasteiger charge is -2.14. The first-order valence-electron chi connectivity index (χ1n) is 8.85. The number of carbonyl (C=O) groups is 1. The lowest BCUT2D eigenvalue weighted by Crippen LogP contribution is -2.24. The molecule has 1 amide bonds. The summed E-state index contributed by atoms with van der Waals surface area (Å²) in [6, 6.07) is 13.6. The first-order chi connectivity index (χ1) is 12.3. The number of anilines is 1. The summed E-state index contributed by atoms with van der Waals surface area (Å²) in [6.45, 7) is 6.54. The fourth-order valence-corrected chi connectivity index (χ4v) is 3.64. The van der Waals surface area contributed by atoms with Gasteiger partial charge in [-0.25, -0.2) is 13.1 Å². The van der Waals surface area contributed by atoms with Gasteiger partial charge < -0.3 is 5.32 Å². The van der Waals surface area contributed by atoms with E-state index in [-0.39, 0.29) is 16.7 Å². The molecule has 0 radical (unpaired) electrons. The number of rotatable bonds is 8. The minimum absolute atomic E-state index is 0.160. The molecule has 0 spiro atoms. The van der Waals surface area contributed by atoms with Crippen LogP contribution >= 0.6 is 0 Å². The first kappa shape index (κ1) is 20.1. The monoisotopic (exact) mass is 374 g/mol. The second-order valence-corrected chi connectivity index (χ2v) is 8.24. The summed E-state index contributed by atoms with van der Waals surface area (Å²) in [4.78, 5) is 12.6. The number of hydrogen-bond donors (Lipinski definition) is 2. The number of unbranched alkanes of at least 4 members (excludes halogenated alkanes) is 1. The zero-order valence-corrected chi connectivity index (χ0v) is 16.3. The van der Waals surface area contributed by atoms with E-state index in [0.717, 1.165) is 24.1 Å². The Morgan fingerprint density at radius 1 is 1.04 bits per heavy atom. The molecule has 0 aromatic heterocycles. The molecule has 6 heteroatoms. The van der Waals surface area contributed by atoms with Gasteiger partial charge in [0.15, 0.2) is 0 Å². The molecule has 2 aromatic carbocycles. The Hall–Kier alpha value is -2.18. The highest BCUT2D eigenvalue weighted by atomic mass is 32.2. The molecule has 2 rings (SSSR count). The second kappa shape index (κ2) is 8.96. The number of hydrogen-bond acceptors (Lipinski definition) is 3. The summed E-state index contributed by atoms with van der Waals surface area (Å²) >= 11 is 0. The number of sulfonamides is 1. The maximum atomic E-state index is 12.5. The van der Waals surface area contributed by atoms with Crippen molar-refractivity contribution in [3.63, 3.8) is 0 Å². The van der Waals surface area contributed by atoms with Gasteiger partial charge in [-0.05, 0) is 48.2 Å². The molecule has 0 atom stereocenters. The Labute approximate surface area is 155 Å². The predicted octanol–water partition coefficient (Wildman–Crippen LogP) is 4.14. The molecular formula is C20H26N2O3S. The van der Waals surface area contributed by atoms with E-state index in [4.69, 9.17) is 0 Å². The van der Waals surface area contributed by atoms with Gasteiger partial charge in [0.05, 0.1) is 4.90 Å². The van der Waals surface area contributed by atoms with Gasteiger partial charge in [-0.2, -0.15) is 0 Å². The van der Waals surface area contributed by atoms with Gasteiger partial charge >= 0.3 is 0 Å². The zero-order chi connectivity index (χ0) is 19.2. The highest BCUT2D eigenvalue weighted by Crippen LogP contribution is 2.24. The van der Waals surface area contributed by atoms with Gasteiger partial charge in [0.25, 0.3) is 5.91 Å². The van der Waals surface area contributed by atoms with E-state index in [1.54, 1.807) is 0 Å². The Kier molecular flexibility index (Phi) is 6.94. The maximum Gasteiger partial charge on any atom is 0.255 e. The van der Waals surface area contributed by atoms with Crippen molar-refractivity contribution in [1.82, 2.24) is 4.72 Å². The maximum absolute atomic E-state index is 12.5. The van der Waals surface area contributed by atoms with Gasteiger partial charge in [0.1, 0.15) is 0 Å². The van der Waals surface area contributed by atoms with Gasteiger partial charge in [-0.1, -0.05) is 45.4 Å². The number of amides is 1.